The lowest BCUT2D eigenvalue weighted by Gasteiger charge is -2.22. The van der Waals surface area contributed by atoms with Gasteiger partial charge in [-0.2, -0.15) is 5.26 Å². The van der Waals surface area contributed by atoms with Crippen LogP contribution in [-0.2, 0) is 11.8 Å². The number of aromatic nitrogens is 1. The molecule has 1 amide bonds. The van der Waals surface area contributed by atoms with Gasteiger partial charge in [0.25, 0.3) is 5.91 Å². The van der Waals surface area contributed by atoms with Gasteiger partial charge in [-0.1, -0.05) is 17.2 Å². The second-order valence-corrected chi connectivity index (χ2v) is 7.21. The minimum absolute atomic E-state index is 0.0563. The summed E-state index contributed by atoms with van der Waals surface area (Å²) in [5.74, 6) is -1.20. The highest BCUT2D eigenvalue weighted by molar-refractivity contribution is 6.35. The van der Waals surface area contributed by atoms with Gasteiger partial charge in [-0.15, -0.1) is 0 Å². The normalized spacial score (nSPS) is 12.9. The molecule has 0 bridgehead atoms. The van der Waals surface area contributed by atoms with E-state index in [1.165, 1.54) is 19.1 Å². The second kappa shape index (κ2) is 7.61. The number of rotatable bonds is 4. The van der Waals surface area contributed by atoms with E-state index in [0.717, 1.165) is 30.9 Å². The average molecular weight is 400 g/mol. The number of hydrogen-bond donors (Lipinski definition) is 1. The number of carbonyl (C=O) groups excluding carboxylic acids is 2. The van der Waals surface area contributed by atoms with Crippen LogP contribution in [0.1, 0.15) is 53.4 Å². The first-order valence-electron chi connectivity index (χ1n) is 8.85. The van der Waals surface area contributed by atoms with Crippen LogP contribution in [0.3, 0.4) is 0 Å². The van der Waals surface area contributed by atoms with Crippen molar-refractivity contribution in [3.8, 4) is 6.07 Å². The van der Waals surface area contributed by atoms with Crippen LogP contribution in [0.25, 0.3) is 5.57 Å². The number of allylic oxidation sites excluding steroid dienone is 2. The van der Waals surface area contributed by atoms with Gasteiger partial charge < -0.3 is 9.88 Å². The third-order valence-corrected chi connectivity index (χ3v) is 5.48. The quantitative estimate of drug-likeness (QED) is 0.752. The van der Waals surface area contributed by atoms with Gasteiger partial charge in [0, 0.05) is 18.3 Å². The van der Waals surface area contributed by atoms with Crippen LogP contribution in [0.15, 0.2) is 23.8 Å². The number of amides is 1. The molecular weight excluding hydrogens is 381 g/mol. The molecule has 5 nitrogen and oxygen atoms in total. The Kier molecular flexibility index (Phi) is 5.39. The van der Waals surface area contributed by atoms with Crippen molar-refractivity contribution in [1.29, 1.82) is 5.26 Å². The largest absolute Gasteiger partial charge is 0.334 e. The summed E-state index contributed by atoms with van der Waals surface area (Å²) in [6.07, 6.45) is 2.78. The molecule has 28 heavy (non-hydrogen) atoms. The van der Waals surface area contributed by atoms with Gasteiger partial charge in [-0.3, -0.25) is 9.59 Å². The number of anilines is 1. The summed E-state index contributed by atoms with van der Waals surface area (Å²) < 4.78 is 15.1. The Balaban J connectivity index is 2.03. The zero-order valence-electron chi connectivity index (χ0n) is 15.8. The smallest absolute Gasteiger partial charge is 0.259 e. The highest BCUT2D eigenvalue weighted by atomic mass is 35.5. The Labute approximate surface area is 167 Å². The molecule has 1 aromatic heterocycles. The molecule has 0 atom stereocenters. The van der Waals surface area contributed by atoms with Crippen LogP contribution in [0.5, 0.6) is 0 Å². The highest BCUT2D eigenvalue weighted by Crippen LogP contribution is 2.38. The lowest BCUT2D eigenvalue weighted by molar-refractivity contribution is -0.111. The summed E-state index contributed by atoms with van der Waals surface area (Å²) >= 11 is 6.43. The van der Waals surface area contributed by atoms with Crippen molar-refractivity contribution in [3.05, 3.63) is 57.1 Å². The monoisotopic (exact) mass is 399 g/mol. The molecule has 1 heterocycles. The molecule has 0 unspecified atom stereocenters. The Morgan fingerprint density at radius 3 is 2.54 bits per heavy atom. The fourth-order valence-electron chi connectivity index (χ4n) is 3.48. The number of Topliss-reactive ketones (excluding diaryl/α,β-unsaturated/α-hetero) is 1. The van der Waals surface area contributed by atoms with E-state index in [1.54, 1.807) is 24.6 Å². The van der Waals surface area contributed by atoms with Gasteiger partial charge in [0.05, 0.1) is 16.8 Å². The number of nitrogens with zero attached hydrogens (tertiary/aromatic N) is 2. The Hall–Kier alpha value is -2.91. The van der Waals surface area contributed by atoms with Crippen LogP contribution in [0.4, 0.5) is 10.1 Å². The lowest BCUT2D eigenvalue weighted by atomic mass is 9.84. The minimum Gasteiger partial charge on any atom is -0.334 e. The van der Waals surface area contributed by atoms with E-state index in [4.69, 9.17) is 16.9 Å². The highest BCUT2D eigenvalue weighted by Gasteiger charge is 2.29. The third-order valence-electron chi connectivity index (χ3n) is 5.04. The molecule has 1 fully saturated rings. The van der Waals surface area contributed by atoms with Crippen LogP contribution in [-0.4, -0.2) is 16.3 Å². The second-order valence-electron chi connectivity index (χ2n) is 6.85. The third kappa shape index (κ3) is 3.34. The minimum atomic E-state index is -0.657. The molecule has 0 saturated heterocycles. The predicted molar refractivity (Wildman–Crippen MR) is 106 cm³/mol. The summed E-state index contributed by atoms with van der Waals surface area (Å²) in [6, 6.07) is 5.49. The van der Waals surface area contributed by atoms with Gasteiger partial charge in [-0.25, -0.2) is 4.39 Å². The van der Waals surface area contributed by atoms with Crippen LogP contribution < -0.4 is 5.32 Å². The lowest BCUT2D eigenvalue weighted by Crippen LogP contribution is -2.13. The molecule has 0 radical (unpaired) electrons. The van der Waals surface area contributed by atoms with Crippen molar-refractivity contribution in [2.45, 2.75) is 33.1 Å². The van der Waals surface area contributed by atoms with E-state index < -0.39 is 11.7 Å². The summed E-state index contributed by atoms with van der Waals surface area (Å²) in [5.41, 5.74) is 3.33. The molecule has 7 heteroatoms. The van der Waals surface area contributed by atoms with E-state index >= 15 is 0 Å². The predicted octanol–water partition coefficient (Wildman–Crippen LogP) is 4.78. The van der Waals surface area contributed by atoms with Crippen molar-refractivity contribution in [1.82, 2.24) is 4.57 Å². The van der Waals surface area contributed by atoms with E-state index in [-0.39, 0.29) is 27.8 Å². The zero-order valence-corrected chi connectivity index (χ0v) is 16.6. The van der Waals surface area contributed by atoms with Crippen molar-refractivity contribution in [2.24, 2.45) is 7.05 Å². The molecule has 1 saturated carbocycles. The van der Waals surface area contributed by atoms with Crippen molar-refractivity contribution in [3.63, 3.8) is 0 Å². The van der Waals surface area contributed by atoms with Crippen LogP contribution in [0, 0.1) is 24.1 Å². The number of nitrogens with one attached hydrogen (secondary N) is 1. The summed E-state index contributed by atoms with van der Waals surface area (Å²) in [6.45, 7) is 3.27. The Morgan fingerprint density at radius 1 is 1.32 bits per heavy atom. The molecule has 1 aromatic carbocycles. The standard InChI is InChI=1S/C21H19ClFN3O2/c1-11-17(21(28)25-15-7-8-16(23)14(9-15)10-24)20(22)26(3)19(11)18(12(2)27)13-5-4-6-13/h7-9H,4-6H2,1-3H3,(H,25,28). The fourth-order valence-corrected chi connectivity index (χ4v) is 3.79. The summed E-state index contributed by atoms with van der Waals surface area (Å²) in [7, 11) is 1.72. The number of carbonyl (C=O) groups is 2. The van der Waals surface area contributed by atoms with E-state index in [2.05, 4.69) is 5.32 Å². The summed E-state index contributed by atoms with van der Waals surface area (Å²) in [5, 5.41) is 11.8. The van der Waals surface area contributed by atoms with Gasteiger partial charge in [0.15, 0.2) is 5.78 Å². The molecule has 1 aliphatic carbocycles. The Bertz CT molecular complexity index is 1070. The molecular formula is C21H19ClFN3O2. The van der Waals surface area contributed by atoms with Gasteiger partial charge in [0.2, 0.25) is 0 Å². The van der Waals surface area contributed by atoms with Crippen molar-refractivity contribution < 1.29 is 14.0 Å². The molecule has 2 aromatic rings. The zero-order chi connectivity index (χ0) is 20.6. The fraction of sp³-hybridized carbons (Fsp3) is 0.286. The number of hydrogen-bond acceptors (Lipinski definition) is 3. The van der Waals surface area contributed by atoms with Crippen LogP contribution in [0.2, 0.25) is 5.15 Å². The SMILES string of the molecule is CC(=O)C(=C1CCC1)c1c(C)c(C(=O)Nc2ccc(F)c(C#N)c2)c(Cl)n1C. The molecule has 0 aliphatic heterocycles. The van der Waals surface area contributed by atoms with Gasteiger partial charge in [-0.05, 0) is 56.9 Å². The van der Waals surface area contributed by atoms with Gasteiger partial charge >= 0.3 is 0 Å². The first-order valence-corrected chi connectivity index (χ1v) is 9.23. The maximum absolute atomic E-state index is 13.5. The van der Waals surface area contributed by atoms with Crippen LogP contribution >= 0.6 is 11.6 Å². The molecule has 1 N–H and O–H groups in total. The number of nitriles is 1. The van der Waals surface area contributed by atoms with Gasteiger partial charge in [0.1, 0.15) is 17.0 Å². The number of halogens is 2. The van der Waals surface area contributed by atoms with Crippen molar-refractivity contribution >= 4 is 34.6 Å². The maximum Gasteiger partial charge on any atom is 0.259 e. The first kappa shape index (κ1) is 19.8. The molecule has 3 rings (SSSR count). The maximum atomic E-state index is 13.5. The summed E-state index contributed by atoms with van der Waals surface area (Å²) in [4.78, 5) is 25.2. The van der Waals surface area contributed by atoms with E-state index in [0.29, 0.717) is 16.8 Å². The van der Waals surface area contributed by atoms with Crippen molar-refractivity contribution in [2.75, 3.05) is 5.32 Å². The van der Waals surface area contributed by atoms with E-state index in [9.17, 15) is 14.0 Å². The number of benzene rings is 1. The number of ketones is 1. The van der Waals surface area contributed by atoms with E-state index in [1.807, 2.05) is 0 Å². The average Bonchev–Trinajstić information content (AvgIpc) is 2.82. The molecule has 0 spiro atoms. The topological polar surface area (TPSA) is 74.9 Å². The molecule has 144 valence electrons. The Morgan fingerprint density at radius 2 is 2.00 bits per heavy atom. The first-order chi connectivity index (χ1) is 13.3. The molecule has 1 aliphatic rings.